The van der Waals surface area contributed by atoms with Gasteiger partial charge in [0, 0.05) is 12.6 Å². The Bertz CT molecular complexity index is 355. The van der Waals surface area contributed by atoms with Crippen LogP contribution in [0.2, 0.25) is 0 Å². The topological polar surface area (TPSA) is 83.8 Å². The average Bonchev–Trinajstić information content (AvgIpc) is 2.89. The summed E-state index contributed by atoms with van der Waals surface area (Å²) in [4.78, 5) is 11.6. The van der Waals surface area contributed by atoms with Crippen molar-refractivity contribution in [1.29, 1.82) is 0 Å². The van der Waals surface area contributed by atoms with E-state index in [-0.39, 0.29) is 5.91 Å². The second kappa shape index (κ2) is 5.01. The molecule has 1 aliphatic rings. The molecule has 1 amide bonds. The van der Waals surface area contributed by atoms with Crippen LogP contribution in [0, 0.1) is 5.92 Å². The Labute approximate surface area is 94.8 Å². The molecular weight excluding hydrogens is 204 g/mol. The van der Waals surface area contributed by atoms with Crippen molar-refractivity contribution in [3.05, 3.63) is 11.8 Å². The maximum Gasteiger partial charge on any atom is 0.269 e. The van der Waals surface area contributed by atoms with E-state index >= 15 is 0 Å². The normalized spacial score (nSPS) is 16.5. The van der Waals surface area contributed by atoms with E-state index in [1.165, 1.54) is 25.7 Å². The standard InChI is InChI=1S/C11H18N4O/c12-10-7-9(14-15-10)11(16)13-6-5-8-3-1-2-4-8/h7-8H,1-6H2,(H,13,16)(H3,12,14,15). The number of carbonyl (C=O) groups excluding carboxylic acids is 1. The van der Waals surface area contributed by atoms with Gasteiger partial charge in [0.05, 0.1) is 0 Å². The van der Waals surface area contributed by atoms with E-state index in [4.69, 9.17) is 5.73 Å². The number of H-pyrrole nitrogens is 1. The number of nitrogen functional groups attached to an aromatic ring is 1. The van der Waals surface area contributed by atoms with Gasteiger partial charge in [-0.05, 0) is 12.3 Å². The lowest BCUT2D eigenvalue weighted by Crippen LogP contribution is -2.25. The number of anilines is 1. The zero-order valence-corrected chi connectivity index (χ0v) is 9.33. The van der Waals surface area contributed by atoms with Crippen LogP contribution in [-0.4, -0.2) is 22.6 Å². The quantitative estimate of drug-likeness (QED) is 0.718. The summed E-state index contributed by atoms with van der Waals surface area (Å²) < 4.78 is 0. The summed E-state index contributed by atoms with van der Waals surface area (Å²) in [6, 6.07) is 1.55. The number of nitrogens with zero attached hydrogens (tertiary/aromatic N) is 1. The van der Waals surface area contributed by atoms with Gasteiger partial charge >= 0.3 is 0 Å². The first-order chi connectivity index (χ1) is 7.75. The van der Waals surface area contributed by atoms with Crippen LogP contribution >= 0.6 is 0 Å². The van der Waals surface area contributed by atoms with Crippen molar-refractivity contribution in [3.8, 4) is 0 Å². The molecule has 16 heavy (non-hydrogen) atoms. The molecule has 0 unspecified atom stereocenters. The summed E-state index contributed by atoms with van der Waals surface area (Å²) >= 11 is 0. The molecule has 0 aromatic carbocycles. The monoisotopic (exact) mass is 222 g/mol. The molecule has 1 saturated carbocycles. The average molecular weight is 222 g/mol. The zero-order valence-electron chi connectivity index (χ0n) is 9.33. The number of aromatic amines is 1. The number of nitrogens with two attached hydrogens (primary N) is 1. The highest BCUT2D eigenvalue weighted by Crippen LogP contribution is 2.26. The van der Waals surface area contributed by atoms with Gasteiger partial charge in [-0.2, -0.15) is 5.10 Å². The van der Waals surface area contributed by atoms with Crippen LogP contribution in [0.15, 0.2) is 6.07 Å². The van der Waals surface area contributed by atoms with E-state index in [2.05, 4.69) is 15.5 Å². The molecule has 0 saturated heterocycles. The van der Waals surface area contributed by atoms with Crippen molar-refractivity contribution < 1.29 is 4.79 Å². The summed E-state index contributed by atoms with van der Waals surface area (Å²) in [5.74, 6) is 1.02. The minimum Gasteiger partial charge on any atom is -0.382 e. The Hall–Kier alpha value is -1.52. The predicted molar refractivity (Wildman–Crippen MR) is 61.9 cm³/mol. The fourth-order valence-corrected chi connectivity index (χ4v) is 2.24. The SMILES string of the molecule is Nc1cc(C(=O)NCCC2CCCC2)[nH]n1. The van der Waals surface area contributed by atoms with Gasteiger partial charge in [-0.1, -0.05) is 25.7 Å². The first kappa shape index (κ1) is 11.0. The van der Waals surface area contributed by atoms with Gasteiger partial charge in [-0.25, -0.2) is 0 Å². The van der Waals surface area contributed by atoms with E-state index in [0.717, 1.165) is 18.9 Å². The van der Waals surface area contributed by atoms with Crippen LogP contribution in [0.25, 0.3) is 0 Å². The molecule has 5 nitrogen and oxygen atoms in total. The molecule has 1 aliphatic carbocycles. The Balaban J connectivity index is 1.71. The lowest BCUT2D eigenvalue weighted by molar-refractivity contribution is 0.0946. The van der Waals surface area contributed by atoms with Crippen LogP contribution in [-0.2, 0) is 0 Å². The summed E-state index contributed by atoms with van der Waals surface area (Å²) in [6.07, 6.45) is 6.39. The summed E-state index contributed by atoms with van der Waals surface area (Å²) in [6.45, 7) is 0.739. The van der Waals surface area contributed by atoms with Gasteiger partial charge in [0.25, 0.3) is 5.91 Å². The molecule has 0 bridgehead atoms. The van der Waals surface area contributed by atoms with Crippen LogP contribution in [0.5, 0.6) is 0 Å². The van der Waals surface area contributed by atoms with Gasteiger partial charge in [0.1, 0.15) is 11.5 Å². The van der Waals surface area contributed by atoms with Crippen molar-refractivity contribution in [2.24, 2.45) is 5.92 Å². The third-order valence-corrected chi connectivity index (χ3v) is 3.16. The van der Waals surface area contributed by atoms with E-state index in [0.29, 0.717) is 11.5 Å². The highest BCUT2D eigenvalue weighted by Gasteiger charge is 2.15. The summed E-state index contributed by atoms with van der Waals surface area (Å²) in [5.41, 5.74) is 5.86. The van der Waals surface area contributed by atoms with E-state index in [9.17, 15) is 4.79 Å². The first-order valence-corrected chi connectivity index (χ1v) is 5.85. The fourth-order valence-electron chi connectivity index (χ4n) is 2.24. The predicted octanol–water partition coefficient (Wildman–Crippen LogP) is 1.30. The molecule has 1 fully saturated rings. The lowest BCUT2D eigenvalue weighted by atomic mass is 10.0. The molecule has 5 heteroatoms. The van der Waals surface area contributed by atoms with Crippen molar-refractivity contribution in [2.45, 2.75) is 32.1 Å². The van der Waals surface area contributed by atoms with Gasteiger partial charge < -0.3 is 11.1 Å². The molecule has 88 valence electrons. The minimum absolute atomic E-state index is 0.123. The molecule has 4 N–H and O–H groups in total. The third kappa shape index (κ3) is 2.74. The molecule has 0 spiro atoms. The van der Waals surface area contributed by atoms with Gasteiger partial charge in [0.15, 0.2) is 0 Å². The van der Waals surface area contributed by atoms with E-state index < -0.39 is 0 Å². The first-order valence-electron chi connectivity index (χ1n) is 5.85. The maximum absolute atomic E-state index is 11.6. The Morgan fingerprint density at radius 1 is 1.56 bits per heavy atom. The Morgan fingerprint density at radius 3 is 2.94 bits per heavy atom. The second-order valence-corrected chi connectivity index (χ2v) is 4.40. The summed E-state index contributed by atoms with van der Waals surface area (Å²) in [7, 11) is 0. The Morgan fingerprint density at radius 2 is 2.31 bits per heavy atom. The highest BCUT2D eigenvalue weighted by molar-refractivity contribution is 5.92. The van der Waals surface area contributed by atoms with Gasteiger partial charge in [-0.15, -0.1) is 0 Å². The number of amides is 1. The summed E-state index contributed by atoms with van der Waals surface area (Å²) in [5, 5.41) is 9.19. The van der Waals surface area contributed by atoms with Crippen LogP contribution in [0.3, 0.4) is 0 Å². The molecule has 1 aromatic heterocycles. The number of nitrogens with one attached hydrogen (secondary N) is 2. The van der Waals surface area contributed by atoms with Crippen LogP contribution in [0.4, 0.5) is 5.82 Å². The van der Waals surface area contributed by atoms with Crippen LogP contribution < -0.4 is 11.1 Å². The van der Waals surface area contributed by atoms with Crippen LogP contribution in [0.1, 0.15) is 42.6 Å². The number of hydrogen-bond acceptors (Lipinski definition) is 3. The van der Waals surface area contributed by atoms with Crippen molar-refractivity contribution in [3.63, 3.8) is 0 Å². The highest BCUT2D eigenvalue weighted by atomic mass is 16.1. The fraction of sp³-hybridized carbons (Fsp3) is 0.636. The molecular formula is C11H18N4O. The van der Waals surface area contributed by atoms with Crippen molar-refractivity contribution >= 4 is 11.7 Å². The molecule has 2 rings (SSSR count). The number of rotatable bonds is 4. The second-order valence-electron chi connectivity index (χ2n) is 4.40. The molecule has 0 radical (unpaired) electrons. The molecule has 0 atom stereocenters. The van der Waals surface area contributed by atoms with Gasteiger partial charge in [-0.3, -0.25) is 9.89 Å². The smallest absolute Gasteiger partial charge is 0.269 e. The third-order valence-electron chi connectivity index (χ3n) is 3.16. The largest absolute Gasteiger partial charge is 0.382 e. The van der Waals surface area contributed by atoms with E-state index in [1.807, 2.05) is 0 Å². The number of hydrogen-bond donors (Lipinski definition) is 3. The lowest BCUT2D eigenvalue weighted by Gasteiger charge is -2.08. The van der Waals surface area contributed by atoms with Crippen molar-refractivity contribution in [2.75, 3.05) is 12.3 Å². The Kier molecular flexibility index (Phi) is 3.44. The molecule has 0 aliphatic heterocycles. The number of aromatic nitrogens is 2. The molecule has 1 heterocycles. The molecule has 1 aromatic rings. The number of carbonyl (C=O) groups is 1. The van der Waals surface area contributed by atoms with Crippen molar-refractivity contribution in [1.82, 2.24) is 15.5 Å². The maximum atomic E-state index is 11.6. The minimum atomic E-state index is -0.123. The zero-order chi connectivity index (χ0) is 11.4. The van der Waals surface area contributed by atoms with E-state index in [1.54, 1.807) is 6.07 Å². The van der Waals surface area contributed by atoms with Gasteiger partial charge in [0.2, 0.25) is 0 Å².